The molecule has 1 heterocycles. The van der Waals surface area contributed by atoms with Crippen LogP contribution in [0.25, 0.3) is 10.9 Å². The van der Waals surface area contributed by atoms with E-state index < -0.39 is 5.82 Å². The van der Waals surface area contributed by atoms with Crippen LogP contribution in [0.15, 0.2) is 42.6 Å². The first-order valence-electron chi connectivity index (χ1n) is 6.45. The summed E-state index contributed by atoms with van der Waals surface area (Å²) in [7, 11) is 0. The van der Waals surface area contributed by atoms with Gasteiger partial charge in [-0.15, -0.1) is 0 Å². The molecule has 3 rings (SSSR count). The predicted molar refractivity (Wildman–Crippen MR) is 77.6 cm³/mol. The van der Waals surface area contributed by atoms with E-state index in [-0.39, 0.29) is 5.78 Å². The maximum Gasteiger partial charge on any atom is 0.195 e. The van der Waals surface area contributed by atoms with Gasteiger partial charge in [0, 0.05) is 28.2 Å². The van der Waals surface area contributed by atoms with E-state index in [1.165, 1.54) is 12.1 Å². The van der Waals surface area contributed by atoms with Crippen LogP contribution in [-0.2, 0) is 0 Å². The molecule has 0 aliphatic rings. The maximum atomic E-state index is 13.4. The van der Waals surface area contributed by atoms with Crippen molar-refractivity contribution in [2.75, 3.05) is 0 Å². The molecule has 0 aliphatic heterocycles. The van der Waals surface area contributed by atoms with Gasteiger partial charge in [0.25, 0.3) is 0 Å². The zero-order valence-corrected chi connectivity index (χ0v) is 11.3. The van der Waals surface area contributed by atoms with Crippen molar-refractivity contribution < 1.29 is 9.18 Å². The van der Waals surface area contributed by atoms with E-state index in [1.807, 2.05) is 32.0 Å². The van der Waals surface area contributed by atoms with Gasteiger partial charge >= 0.3 is 0 Å². The summed E-state index contributed by atoms with van der Waals surface area (Å²) in [6.07, 6.45) is 1.69. The largest absolute Gasteiger partial charge is 0.360 e. The van der Waals surface area contributed by atoms with Crippen LogP contribution in [0.4, 0.5) is 4.39 Å². The van der Waals surface area contributed by atoms with Crippen LogP contribution in [-0.4, -0.2) is 10.8 Å². The van der Waals surface area contributed by atoms with Gasteiger partial charge in [-0.3, -0.25) is 4.79 Å². The molecule has 0 bridgehead atoms. The quantitative estimate of drug-likeness (QED) is 0.695. The normalized spacial score (nSPS) is 10.9. The predicted octanol–water partition coefficient (Wildman–Crippen LogP) is 4.15. The zero-order valence-electron chi connectivity index (χ0n) is 11.3. The highest BCUT2D eigenvalue weighted by molar-refractivity contribution is 6.17. The molecule has 3 heteroatoms. The molecule has 0 spiro atoms. The summed E-state index contributed by atoms with van der Waals surface area (Å²) >= 11 is 0. The van der Waals surface area contributed by atoms with Gasteiger partial charge in [0.05, 0.1) is 0 Å². The van der Waals surface area contributed by atoms with Crippen LogP contribution >= 0.6 is 0 Å². The van der Waals surface area contributed by atoms with Crippen LogP contribution in [0.1, 0.15) is 27.0 Å². The Labute approximate surface area is 116 Å². The Morgan fingerprint density at radius 3 is 2.65 bits per heavy atom. The molecule has 0 fully saturated rings. The molecule has 20 heavy (non-hydrogen) atoms. The van der Waals surface area contributed by atoms with E-state index in [2.05, 4.69) is 4.98 Å². The molecule has 2 nitrogen and oxygen atoms in total. The van der Waals surface area contributed by atoms with Crippen LogP contribution in [0.5, 0.6) is 0 Å². The maximum absolute atomic E-state index is 13.4. The monoisotopic (exact) mass is 267 g/mol. The molecule has 1 N–H and O–H groups in total. The number of rotatable bonds is 2. The summed E-state index contributed by atoms with van der Waals surface area (Å²) in [6, 6.07) is 10.2. The number of aryl methyl sites for hydroxylation is 2. The third kappa shape index (κ3) is 2.01. The molecular formula is C17H14FNO. The average molecular weight is 267 g/mol. The lowest BCUT2D eigenvalue weighted by Crippen LogP contribution is -2.03. The van der Waals surface area contributed by atoms with Crippen molar-refractivity contribution in [2.45, 2.75) is 13.8 Å². The number of aromatic nitrogens is 1. The Bertz CT molecular complexity index is 817. The van der Waals surface area contributed by atoms with Crippen LogP contribution in [0.3, 0.4) is 0 Å². The Morgan fingerprint density at radius 1 is 1.05 bits per heavy atom. The first kappa shape index (κ1) is 12.6. The molecule has 0 unspecified atom stereocenters. The number of hydrogen-bond acceptors (Lipinski definition) is 1. The molecule has 0 aliphatic carbocycles. The van der Waals surface area contributed by atoms with Crippen LogP contribution < -0.4 is 0 Å². The standard InChI is InChI=1S/C17H14FNO/c1-10-3-6-16-14(7-10)15(9-19-16)17(20)13-8-12(18)5-4-11(13)2/h3-9,19H,1-2H3. The van der Waals surface area contributed by atoms with Gasteiger partial charge in [-0.05, 0) is 43.7 Å². The van der Waals surface area contributed by atoms with E-state index in [0.29, 0.717) is 11.1 Å². The minimum absolute atomic E-state index is 0.154. The molecule has 0 saturated carbocycles. The van der Waals surface area contributed by atoms with Crippen molar-refractivity contribution in [1.82, 2.24) is 4.98 Å². The lowest BCUT2D eigenvalue weighted by Gasteiger charge is -2.04. The molecule has 0 atom stereocenters. The van der Waals surface area contributed by atoms with Gasteiger partial charge in [-0.25, -0.2) is 4.39 Å². The molecule has 0 saturated heterocycles. The van der Waals surface area contributed by atoms with Gasteiger partial charge in [-0.2, -0.15) is 0 Å². The summed E-state index contributed by atoms with van der Waals surface area (Å²) in [5, 5.41) is 0.874. The minimum Gasteiger partial charge on any atom is -0.360 e. The van der Waals surface area contributed by atoms with Crippen molar-refractivity contribution >= 4 is 16.7 Å². The summed E-state index contributed by atoms with van der Waals surface area (Å²) in [5.74, 6) is -0.547. The van der Waals surface area contributed by atoms with Gasteiger partial charge < -0.3 is 4.98 Å². The summed E-state index contributed by atoms with van der Waals surface area (Å²) in [4.78, 5) is 15.7. The number of hydrogen-bond donors (Lipinski definition) is 1. The second-order valence-corrected chi connectivity index (χ2v) is 5.04. The number of aromatic amines is 1. The minimum atomic E-state index is -0.394. The number of halogens is 1. The third-order valence-corrected chi connectivity index (χ3v) is 3.53. The smallest absolute Gasteiger partial charge is 0.195 e. The molecule has 0 radical (unpaired) electrons. The molecule has 1 aromatic heterocycles. The number of ketones is 1. The number of carbonyl (C=O) groups is 1. The SMILES string of the molecule is Cc1ccc2[nH]cc(C(=O)c3cc(F)ccc3C)c2c1. The highest BCUT2D eigenvalue weighted by Crippen LogP contribution is 2.24. The van der Waals surface area contributed by atoms with Crippen molar-refractivity contribution in [3.8, 4) is 0 Å². The first-order chi connectivity index (χ1) is 9.56. The molecule has 0 amide bonds. The fourth-order valence-corrected chi connectivity index (χ4v) is 2.41. The van der Waals surface area contributed by atoms with Gasteiger partial charge in [0.2, 0.25) is 0 Å². The van der Waals surface area contributed by atoms with Crippen LogP contribution in [0.2, 0.25) is 0 Å². The van der Waals surface area contributed by atoms with Crippen molar-refractivity contribution in [2.24, 2.45) is 0 Å². The number of fused-ring (bicyclic) bond motifs is 1. The van der Waals surface area contributed by atoms with E-state index in [9.17, 15) is 9.18 Å². The van der Waals surface area contributed by atoms with E-state index in [0.717, 1.165) is 22.0 Å². The van der Waals surface area contributed by atoms with E-state index >= 15 is 0 Å². The topological polar surface area (TPSA) is 32.9 Å². The second-order valence-electron chi connectivity index (χ2n) is 5.04. The summed E-state index contributed by atoms with van der Waals surface area (Å²) < 4.78 is 13.4. The second kappa shape index (κ2) is 4.60. The number of H-pyrrole nitrogens is 1. The zero-order chi connectivity index (χ0) is 14.3. The van der Waals surface area contributed by atoms with E-state index in [1.54, 1.807) is 12.3 Å². The van der Waals surface area contributed by atoms with Crippen LogP contribution in [0, 0.1) is 19.7 Å². The molecule has 100 valence electrons. The first-order valence-corrected chi connectivity index (χ1v) is 6.45. The van der Waals surface area contributed by atoms with Gasteiger partial charge in [-0.1, -0.05) is 17.7 Å². The Kier molecular flexibility index (Phi) is 2.90. The van der Waals surface area contributed by atoms with Gasteiger partial charge in [0.1, 0.15) is 5.82 Å². The van der Waals surface area contributed by atoms with E-state index in [4.69, 9.17) is 0 Å². The van der Waals surface area contributed by atoms with Crippen molar-refractivity contribution in [3.05, 3.63) is 70.7 Å². The molecule has 2 aromatic carbocycles. The fourth-order valence-electron chi connectivity index (χ4n) is 2.41. The summed E-state index contributed by atoms with van der Waals surface area (Å²) in [5.41, 5.74) is 3.76. The third-order valence-electron chi connectivity index (χ3n) is 3.53. The number of benzene rings is 2. The Balaban J connectivity index is 2.17. The Hall–Kier alpha value is -2.42. The highest BCUT2D eigenvalue weighted by Gasteiger charge is 2.16. The van der Waals surface area contributed by atoms with Crippen molar-refractivity contribution in [3.63, 3.8) is 0 Å². The summed E-state index contributed by atoms with van der Waals surface area (Å²) in [6.45, 7) is 3.79. The fraction of sp³-hybridized carbons (Fsp3) is 0.118. The molecule has 3 aromatic rings. The number of carbonyl (C=O) groups excluding carboxylic acids is 1. The lowest BCUT2D eigenvalue weighted by atomic mass is 9.98. The van der Waals surface area contributed by atoms with Crippen molar-refractivity contribution in [1.29, 1.82) is 0 Å². The Morgan fingerprint density at radius 2 is 1.85 bits per heavy atom. The number of nitrogens with one attached hydrogen (secondary N) is 1. The van der Waals surface area contributed by atoms with Gasteiger partial charge in [0.15, 0.2) is 5.78 Å². The average Bonchev–Trinajstić information content (AvgIpc) is 2.83. The lowest BCUT2D eigenvalue weighted by molar-refractivity contribution is 0.103. The highest BCUT2D eigenvalue weighted by atomic mass is 19.1. The molecular weight excluding hydrogens is 253 g/mol.